The lowest BCUT2D eigenvalue weighted by Crippen LogP contribution is -2.32. The van der Waals surface area contributed by atoms with Crippen LogP contribution in [-0.4, -0.2) is 34.6 Å². The molecular formula is C10H16N4O. The Kier molecular flexibility index (Phi) is 3.34. The number of carbonyl (C=O) groups excluding carboxylic acids is 1. The van der Waals surface area contributed by atoms with Gasteiger partial charge >= 0.3 is 0 Å². The van der Waals surface area contributed by atoms with Crippen molar-refractivity contribution < 1.29 is 4.79 Å². The second kappa shape index (κ2) is 4.93. The summed E-state index contributed by atoms with van der Waals surface area (Å²) in [7, 11) is 0. The van der Waals surface area contributed by atoms with Crippen LogP contribution in [0.1, 0.15) is 12.8 Å². The number of nitrogens with one attached hydrogen (secondary N) is 2. The molecule has 5 nitrogen and oxygen atoms in total. The van der Waals surface area contributed by atoms with E-state index in [2.05, 4.69) is 20.2 Å². The zero-order valence-corrected chi connectivity index (χ0v) is 8.65. The van der Waals surface area contributed by atoms with E-state index in [4.69, 9.17) is 0 Å². The molecule has 1 aromatic heterocycles. The monoisotopic (exact) mass is 208 g/mol. The Morgan fingerprint density at radius 2 is 2.60 bits per heavy atom. The first-order valence-electron chi connectivity index (χ1n) is 5.30. The van der Waals surface area contributed by atoms with Gasteiger partial charge in [-0.1, -0.05) is 0 Å². The number of amides is 1. The fraction of sp³-hybridized carbons (Fsp3) is 0.600. The van der Waals surface area contributed by atoms with Gasteiger partial charge in [-0.3, -0.25) is 4.79 Å². The Balaban J connectivity index is 1.57. The van der Waals surface area contributed by atoms with Crippen LogP contribution in [0, 0.1) is 0 Å². The molecule has 1 amide bonds. The molecule has 1 aliphatic rings. The summed E-state index contributed by atoms with van der Waals surface area (Å²) in [6, 6.07) is 0.320. The molecule has 2 heterocycles. The predicted molar refractivity (Wildman–Crippen MR) is 56.3 cm³/mol. The number of imidazole rings is 1. The van der Waals surface area contributed by atoms with Crippen molar-refractivity contribution in [2.75, 3.05) is 13.1 Å². The van der Waals surface area contributed by atoms with E-state index in [0.29, 0.717) is 12.5 Å². The van der Waals surface area contributed by atoms with Gasteiger partial charge in [-0.15, -0.1) is 0 Å². The summed E-state index contributed by atoms with van der Waals surface area (Å²) < 4.78 is 2.06. The predicted octanol–water partition coefficient (Wildman–Crippen LogP) is -0.249. The average Bonchev–Trinajstić information content (AvgIpc) is 2.84. The van der Waals surface area contributed by atoms with Crippen molar-refractivity contribution in [3.05, 3.63) is 18.7 Å². The van der Waals surface area contributed by atoms with Gasteiger partial charge in [0, 0.05) is 37.9 Å². The van der Waals surface area contributed by atoms with Crippen molar-refractivity contribution in [1.82, 2.24) is 20.2 Å². The lowest BCUT2D eigenvalue weighted by atomic mass is 10.2. The summed E-state index contributed by atoms with van der Waals surface area (Å²) in [5.74, 6) is 0.155. The van der Waals surface area contributed by atoms with E-state index in [1.165, 1.54) is 0 Å². The molecule has 1 aromatic rings. The van der Waals surface area contributed by atoms with Gasteiger partial charge in [-0.2, -0.15) is 0 Å². The SMILES string of the molecule is O=C1CC(NCCCn2ccnc2)CN1. The molecule has 0 spiro atoms. The number of hydrogen-bond donors (Lipinski definition) is 2. The Bertz CT molecular complexity index is 309. The molecule has 1 unspecified atom stereocenters. The molecule has 82 valence electrons. The van der Waals surface area contributed by atoms with E-state index in [9.17, 15) is 4.79 Å². The van der Waals surface area contributed by atoms with Crippen molar-refractivity contribution in [2.24, 2.45) is 0 Å². The number of carbonyl (C=O) groups is 1. The van der Waals surface area contributed by atoms with Gasteiger partial charge in [0.05, 0.1) is 6.33 Å². The maximum absolute atomic E-state index is 10.9. The molecule has 0 saturated carbocycles. The van der Waals surface area contributed by atoms with Crippen molar-refractivity contribution in [1.29, 1.82) is 0 Å². The second-order valence-corrected chi connectivity index (χ2v) is 3.81. The van der Waals surface area contributed by atoms with Gasteiger partial charge in [0.15, 0.2) is 0 Å². The molecule has 0 aromatic carbocycles. The maximum atomic E-state index is 10.9. The molecule has 5 heteroatoms. The highest BCUT2D eigenvalue weighted by Gasteiger charge is 2.19. The second-order valence-electron chi connectivity index (χ2n) is 3.81. The van der Waals surface area contributed by atoms with Crippen LogP contribution in [-0.2, 0) is 11.3 Å². The third kappa shape index (κ3) is 3.06. The highest BCUT2D eigenvalue weighted by atomic mass is 16.1. The fourth-order valence-electron chi connectivity index (χ4n) is 1.74. The largest absolute Gasteiger partial charge is 0.354 e. The van der Waals surface area contributed by atoms with Crippen molar-refractivity contribution in [2.45, 2.75) is 25.4 Å². The van der Waals surface area contributed by atoms with Gasteiger partial charge in [0.2, 0.25) is 5.91 Å². The Hall–Kier alpha value is -1.36. The third-order valence-electron chi connectivity index (χ3n) is 2.56. The lowest BCUT2D eigenvalue weighted by Gasteiger charge is -2.09. The number of rotatable bonds is 5. The first-order valence-corrected chi connectivity index (χ1v) is 5.30. The minimum atomic E-state index is 0.155. The highest BCUT2D eigenvalue weighted by Crippen LogP contribution is 1.99. The van der Waals surface area contributed by atoms with Crippen LogP contribution in [0.25, 0.3) is 0 Å². The fourth-order valence-corrected chi connectivity index (χ4v) is 1.74. The van der Waals surface area contributed by atoms with Gasteiger partial charge in [-0.25, -0.2) is 4.98 Å². The first kappa shape index (κ1) is 10.2. The van der Waals surface area contributed by atoms with E-state index in [1.807, 2.05) is 12.5 Å². The van der Waals surface area contributed by atoms with E-state index >= 15 is 0 Å². The van der Waals surface area contributed by atoms with E-state index < -0.39 is 0 Å². The molecule has 0 radical (unpaired) electrons. The van der Waals surface area contributed by atoms with Crippen LogP contribution in [0.2, 0.25) is 0 Å². The number of aromatic nitrogens is 2. The molecule has 0 aliphatic carbocycles. The highest BCUT2D eigenvalue weighted by molar-refractivity contribution is 5.78. The standard InChI is InChI=1S/C10H16N4O/c15-10-6-9(7-13-10)12-2-1-4-14-5-3-11-8-14/h3,5,8-9,12H,1-2,4,6-7H2,(H,13,15). The quantitative estimate of drug-likeness (QED) is 0.656. The Morgan fingerprint density at radius 3 is 3.27 bits per heavy atom. The summed E-state index contributed by atoms with van der Waals surface area (Å²) in [4.78, 5) is 14.9. The van der Waals surface area contributed by atoms with Gasteiger partial charge in [0.25, 0.3) is 0 Å². The van der Waals surface area contributed by atoms with Crippen LogP contribution in [0.4, 0.5) is 0 Å². The average molecular weight is 208 g/mol. The number of aryl methyl sites for hydroxylation is 1. The van der Waals surface area contributed by atoms with Crippen molar-refractivity contribution >= 4 is 5.91 Å². The van der Waals surface area contributed by atoms with Gasteiger partial charge in [-0.05, 0) is 13.0 Å². The molecule has 15 heavy (non-hydrogen) atoms. The Labute approximate surface area is 88.9 Å². The zero-order valence-electron chi connectivity index (χ0n) is 8.65. The van der Waals surface area contributed by atoms with Crippen LogP contribution < -0.4 is 10.6 Å². The lowest BCUT2D eigenvalue weighted by molar-refractivity contribution is -0.119. The zero-order chi connectivity index (χ0) is 10.5. The third-order valence-corrected chi connectivity index (χ3v) is 2.56. The summed E-state index contributed by atoms with van der Waals surface area (Å²) in [5.41, 5.74) is 0. The molecule has 2 N–H and O–H groups in total. The molecule has 1 atom stereocenters. The molecular weight excluding hydrogens is 192 g/mol. The van der Waals surface area contributed by atoms with Crippen LogP contribution in [0.3, 0.4) is 0 Å². The maximum Gasteiger partial charge on any atom is 0.221 e. The smallest absolute Gasteiger partial charge is 0.221 e. The topological polar surface area (TPSA) is 59.0 Å². The minimum absolute atomic E-state index is 0.155. The summed E-state index contributed by atoms with van der Waals surface area (Å²) in [5, 5.41) is 6.16. The van der Waals surface area contributed by atoms with E-state index in [1.54, 1.807) is 6.20 Å². The molecule has 2 rings (SSSR count). The van der Waals surface area contributed by atoms with Crippen LogP contribution in [0.5, 0.6) is 0 Å². The molecule has 1 aliphatic heterocycles. The van der Waals surface area contributed by atoms with Crippen molar-refractivity contribution in [3.63, 3.8) is 0 Å². The summed E-state index contributed by atoms with van der Waals surface area (Å²) >= 11 is 0. The number of nitrogens with zero attached hydrogens (tertiary/aromatic N) is 2. The van der Waals surface area contributed by atoms with Gasteiger partial charge in [0.1, 0.15) is 0 Å². The number of hydrogen-bond acceptors (Lipinski definition) is 3. The van der Waals surface area contributed by atoms with E-state index in [0.717, 1.165) is 26.1 Å². The molecule has 1 fully saturated rings. The van der Waals surface area contributed by atoms with Crippen molar-refractivity contribution in [3.8, 4) is 0 Å². The summed E-state index contributed by atoms with van der Waals surface area (Å²) in [6.45, 7) is 2.68. The normalized spacial score (nSPS) is 20.5. The minimum Gasteiger partial charge on any atom is -0.354 e. The van der Waals surface area contributed by atoms with Gasteiger partial charge < -0.3 is 15.2 Å². The Morgan fingerprint density at radius 1 is 1.67 bits per heavy atom. The summed E-state index contributed by atoms with van der Waals surface area (Å²) in [6.07, 6.45) is 7.24. The first-order chi connectivity index (χ1) is 7.34. The molecule has 0 bridgehead atoms. The van der Waals surface area contributed by atoms with Crippen LogP contribution in [0.15, 0.2) is 18.7 Å². The van der Waals surface area contributed by atoms with E-state index in [-0.39, 0.29) is 5.91 Å². The van der Waals surface area contributed by atoms with Crippen LogP contribution >= 0.6 is 0 Å². The molecule has 1 saturated heterocycles.